The normalized spacial score (nSPS) is 13.4. The van der Waals surface area contributed by atoms with E-state index in [9.17, 15) is 9.59 Å². The van der Waals surface area contributed by atoms with Crippen molar-refractivity contribution in [1.29, 1.82) is 0 Å². The van der Waals surface area contributed by atoms with Gasteiger partial charge in [-0.25, -0.2) is 0 Å². The van der Waals surface area contributed by atoms with Crippen molar-refractivity contribution in [1.82, 2.24) is 10.6 Å². The summed E-state index contributed by atoms with van der Waals surface area (Å²) in [5.41, 5.74) is 0.607. The lowest BCUT2D eigenvalue weighted by atomic mass is 10.2. The highest BCUT2D eigenvalue weighted by Gasteiger charge is 2.13. The molecule has 0 radical (unpaired) electrons. The Bertz CT molecular complexity index is 234. The maximum Gasteiger partial charge on any atom is 0.247 e. The van der Waals surface area contributed by atoms with Crippen molar-refractivity contribution in [3.05, 3.63) is 11.6 Å². The lowest BCUT2D eigenvalue weighted by Gasteiger charge is -2.11. The van der Waals surface area contributed by atoms with E-state index < -0.39 is 6.04 Å². The predicted molar refractivity (Wildman–Crippen MR) is 51.1 cm³/mol. The zero-order chi connectivity index (χ0) is 10.4. The van der Waals surface area contributed by atoms with Crippen LogP contribution in [0.25, 0.3) is 0 Å². The van der Waals surface area contributed by atoms with Gasteiger partial charge in [-0.2, -0.15) is 0 Å². The van der Waals surface area contributed by atoms with Gasteiger partial charge in [0.2, 0.25) is 11.8 Å². The van der Waals surface area contributed by atoms with Crippen LogP contribution in [0.15, 0.2) is 11.6 Å². The van der Waals surface area contributed by atoms with Gasteiger partial charge in [0.15, 0.2) is 0 Å². The maximum atomic E-state index is 11.2. The summed E-state index contributed by atoms with van der Waals surface area (Å²) in [6, 6.07) is -0.493. The minimum atomic E-state index is -0.493. The molecule has 74 valence electrons. The van der Waals surface area contributed by atoms with Crippen molar-refractivity contribution in [3.63, 3.8) is 0 Å². The van der Waals surface area contributed by atoms with Gasteiger partial charge >= 0.3 is 0 Å². The SMILES string of the molecule is C/C=C(\C)C(=O)N[C@H](C)C(=O)NC. The standard InChI is InChI=1S/C9H16N2O2/c1-5-6(2)8(12)11-7(3)9(13)10-4/h5,7H,1-4H3,(H,10,13)(H,11,12)/b6-5+/t7-/m1/s1. The Hall–Kier alpha value is -1.32. The molecule has 4 nitrogen and oxygen atoms in total. The van der Waals surface area contributed by atoms with Gasteiger partial charge in [0, 0.05) is 12.6 Å². The molecule has 4 heteroatoms. The van der Waals surface area contributed by atoms with E-state index in [4.69, 9.17) is 0 Å². The number of likely N-dealkylation sites (N-methyl/N-ethyl adjacent to an activating group) is 1. The average Bonchev–Trinajstić information content (AvgIpc) is 2.14. The van der Waals surface area contributed by atoms with Gasteiger partial charge in [0.25, 0.3) is 0 Å². The van der Waals surface area contributed by atoms with Crippen molar-refractivity contribution < 1.29 is 9.59 Å². The summed E-state index contributed by atoms with van der Waals surface area (Å²) in [6.45, 7) is 5.12. The molecule has 0 unspecified atom stereocenters. The summed E-state index contributed by atoms with van der Waals surface area (Å²) >= 11 is 0. The minimum Gasteiger partial charge on any atom is -0.357 e. The Morgan fingerprint density at radius 2 is 1.92 bits per heavy atom. The molecule has 0 spiro atoms. The summed E-state index contributed by atoms with van der Waals surface area (Å²) < 4.78 is 0. The van der Waals surface area contributed by atoms with Crippen LogP contribution in [0.4, 0.5) is 0 Å². The van der Waals surface area contributed by atoms with Crippen molar-refractivity contribution in [2.45, 2.75) is 26.8 Å². The molecule has 0 bridgehead atoms. The van der Waals surface area contributed by atoms with Gasteiger partial charge in [-0.1, -0.05) is 6.08 Å². The average molecular weight is 184 g/mol. The highest BCUT2D eigenvalue weighted by atomic mass is 16.2. The Morgan fingerprint density at radius 3 is 2.31 bits per heavy atom. The van der Waals surface area contributed by atoms with E-state index in [2.05, 4.69) is 10.6 Å². The van der Waals surface area contributed by atoms with E-state index in [1.807, 2.05) is 0 Å². The summed E-state index contributed by atoms with van der Waals surface area (Å²) in [7, 11) is 1.54. The molecule has 0 saturated heterocycles. The fraction of sp³-hybridized carbons (Fsp3) is 0.556. The Morgan fingerprint density at radius 1 is 1.38 bits per heavy atom. The zero-order valence-corrected chi connectivity index (χ0v) is 8.47. The van der Waals surface area contributed by atoms with Gasteiger partial charge in [-0.3, -0.25) is 9.59 Å². The first-order valence-electron chi connectivity index (χ1n) is 4.18. The summed E-state index contributed by atoms with van der Waals surface area (Å²) in [5, 5.41) is 5.02. The molecule has 0 aliphatic rings. The maximum absolute atomic E-state index is 11.2. The predicted octanol–water partition coefficient (Wildman–Crippen LogP) is 0.203. The fourth-order valence-corrected chi connectivity index (χ4v) is 0.724. The number of hydrogen-bond donors (Lipinski definition) is 2. The van der Waals surface area contributed by atoms with Gasteiger partial charge in [-0.05, 0) is 20.8 Å². The third-order valence-electron chi connectivity index (χ3n) is 1.78. The van der Waals surface area contributed by atoms with Crippen LogP contribution in [0.1, 0.15) is 20.8 Å². The number of nitrogens with one attached hydrogen (secondary N) is 2. The molecular formula is C9H16N2O2. The molecule has 2 amide bonds. The molecule has 1 atom stereocenters. The van der Waals surface area contributed by atoms with Crippen LogP contribution < -0.4 is 10.6 Å². The van der Waals surface area contributed by atoms with Crippen LogP contribution in [-0.4, -0.2) is 24.9 Å². The number of allylic oxidation sites excluding steroid dienone is 1. The number of carbonyl (C=O) groups excluding carboxylic acids is 2. The second kappa shape index (κ2) is 5.35. The molecule has 2 N–H and O–H groups in total. The zero-order valence-electron chi connectivity index (χ0n) is 8.47. The van der Waals surface area contributed by atoms with E-state index in [-0.39, 0.29) is 11.8 Å². The van der Waals surface area contributed by atoms with Crippen LogP contribution in [0.3, 0.4) is 0 Å². The van der Waals surface area contributed by atoms with Crippen LogP contribution in [0.2, 0.25) is 0 Å². The van der Waals surface area contributed by atoms with Crippen molar-refractivity contribution in [3.8, 4) is 0 Å². The fourth-order valence-electron chi connectivity index (χ4n) is 0.724. The summed E-state index contributed by atoms with van der Waals surface area (Å²) in [5.74, 6) is -0.407. The molecule has 0 aliphatic heterocycles. The Balaban J connectivity index is 4.14. The van der Waals surface area contributed by atoms with Crippen LogP contribution in [0.5, 0.6) is 0 Å². The van der Waals surface area contributed by atoms with E-state index >= 15 is 0 Å². The molecule has 0 aliphatic carbocycles. The van der Waals surface area contributed by atoms with Crippen LogP contribution >= 0.6 is 0 Å². The molecule has 0 fully saturated rings. The molecule has 0 rings (SSSR count). The van der Waals surface area contributed by atoms with Gasteiger partial charge < -0.3 is 10.6 Å². The van der Waals surface area contributed by atoms with Gasteiger partial charge in [-0.15, -0.1) is 0 Å². The van der Waals surface area contributed by atoms with E-state index in [0.29, 0.717) is 5.57 Å². The first-order chi connectivity index (χ1) is 6.02. The molecule has 13 heavy (non-hydrogen) atoms. The second-order valence-electron chi connectivity index (χ2n) is 2.78. The van der Waals surface area contributed by atoms with Crippen LogP contribution in [-0.2, 0) is 9.59 Å². The van der Waals surface area contributed by atoms with E-state index in [1.165, 1.54) is 7.05 Å². The largest absolute Gasteiger partial charge is 0.357 e. The lowest BCUT2D eigenvalue weighted by Crippen LogP contribution is -2.43. The third kappa shape index (κ3) is 3.73. The number of rotatable bonds is 3. The molecule has 0 aromatic rings. The second-order valence-corrected chi connectivity index (χ2v) is 2.78. The molecule has 0 aromatic heterocycles. The number of carbonyl (C=O) groups is 2. The van der Waals surface area contributed by atoms with E-state index in [1.54, 1.807) is 26.8 Å². The lowest BCUT2D eigenvalue weighted by molar-refractivity contribution is -0.126. The highest BCUT2D eigenvalue weighted by Crippen LogP contribution is 1.92. The molecule has 0 aromatic carbocycles. The highest BCUT2D eigenvalue weighted by molar-refractivity contribution is 5.96. The van der Waals surface area contributed by atoms with Crippen molar-refractivity contribution in [2.75, 3.05) is 7.05 Å². The number of amides is 2. The minimum absolute atomic E-state index is 0.197. The van der Waals surface area contributed by atoms with Gasteiger partial charge in [0.05, 0.1) is 0 Å². The van der Waals surface area contributed by atoms with Crippen molar-refractivity contribution >= 4 is 11.8 Å². The first kappa shape index (κ1) is 11.7. The summed E-state index contributed by atoms with van der Waals surface area (Å²) in [4.78, 5) is 22.3. The molecule has 0 saturated carbocycles. The van der Waals surface area contributed by atoms with Crippen LogP contribution in [0, 0.1) is 0 Å². The third-order valence-corrected chi connectivity index (χ3v) is 1.78. The Kier molecular flexibility index (Phi) is 4.80. The smallest absolute Gasteiger partial charge is 0.247 e. The monoisotopic (exact) mass is 184 g/mol. The molecular weight excluding hydrogens is 168 g/mol. The van der Waals surface area contributed by atoms with Gasteiger partial charge in [0.1, 0.15) is 6.04 Å². The summed E-state index contributed by atoms with van der Waals surface area (Å²) in [6.07, 6.45) is 1.70. The first-order valence-corrected chi connectivity index (χ1v) is 4.18. The van der Waals surface area contributed by atoms with Crippen molar-refractivity contribution in [2.24, 2.45) is 0 Å². The number of hydrogen-bond acceptors (Lipinski definition) is 2. The molecule has 0 heterocycles. The quantitative estimate of drug-likeness (QED) is 0.616. The Labute approximate surface area is 78.4 Å². The van der Waals surface area contributed by atoms with E-state index in [0.717, 1.165) is 0 Å². The topological polar surface area (TPSA) is 58.2 Å².